The van der Waals surface area contributed by atoms with Crippen LogP contribution in [0.5, 0.6) is 17.2 Å². The van der Waals surface area contributed by atoms with Gasteiger partial charge in [0.05, 0.1) is 32.9 Å². The number of carbonyl (C=O) groups is 3. The van der Waals surface area contributed by atoms with E-state index in [9.17, 15) is 14.4 Å². The molecule has 1 amide bonds. The molecule has 31 heavy (non-hydrogen) atoms. The van der Waals surface area contributed by atoms with Gasteiger partial charge in [0.1, 0.15) is 17.2 Å². The van der Waals surface area contributed by atoms with Gasteiger partial charge in [0.25, 0.3) is 0 Å². The third-order valence-electron chi connectivity index (χ3n) is 5.17. The first-order valence-electron chi connectivity index (χ1n) is 9.79. The summed E-state index contributed by atoms with van der Waals surface area (Å²) in [4.78, 5) is 39.3. The second-order valence-corrected chi connectivity index (χ2v) is 7.12. The Labute approximate surface area is 180 Å². The van der Waals surface area contributed by atoms with Crippen LogP contribution < -0.4 is 19.1 Å². The fourth-order valence-corrected chi connectivity index (χ4v) is 3.42. The average molecular weight is 427 g/mol. The molecule has 0 aromatic heterocycles. The summed E-state index contributed by atoms with van der Waals surface area (Å²) in [6.45, 7) is 1.65. The molecule has 8 heteroatoms. The van der Waals surface area contributed by atoms with Gasteiger partial charge in [0.2, 0.25) is 11.7 Å². The van der Waals surface area contributed by atoms with E-state index in [1.165, 1.54) is 33.2 Å². The zero-order valence-corrected chi connectivity index (χ0v) is 17.9. The predicted octanol–water partition coefficient (Wildman–Crippen LogP) is 2.88. The van der Waals surface area contributed by atoms with E-state index in [2.05, 4.69) is 0 Å². The summed E-state index contributed by atoms with van der Waals surface area (Å²) in [5.41, 5.74) is 0.927. The molecule has 1 aliphatic rings. The second-order valence-electron chi connectivity index (χ2n) is 7.12. The van der Waals surface area contributed by atoms with E-state index in [4.69, 9.17) is 18.9 Å². The lowest BCUT2D eigenvalue weighted by atomic mass is 10.1. The van der Waals surface area contributed by atoms with Crippen molar-refractivity contribution in [3.8, 4) is 17.2 Å². The summed E-state index contributed by atoms with van der Waals surface area (Å²) >= 11 is 0. The number of Topliss-reactive ketones (excluding diaryl/α,β-unsaturated/α-hetero) is 1. The molecule has 8 nitrogen and oxygen atoms in total. The summed E-state index contributed by atoms with van der Waals surface area (Å²) in [5, 5.41) is 0. The minimum atomic E-state index is -0.976. The van der Waals surface area contributed by atoms with E-state index >= 15 is 0 Å². The van der Waals surface area contributed by atoms with Gasteiger partial charge in [0.15, 0.2) is 6.10 Å². The Morgan fingerprint density at radius 3 is 2.23 bits per heavy atom. The number of rotatable bonds is 8. The Morgan fingerprint density at radius 2 is 1.61 bits per heavy atom. The molecule has 1 fully saturated rings. The number of methoxy groups -OCH3 is 3. The number of carbonyl (C=O) groups excluding carboxylic acids is 3. The zero-order chi connectivity index (χ0) is 22.5. The lowest BCUT2D eigenvalue weighted by molar-refractivity contribution is -0.151. The molecule has 1 aliphatic heterocycles. The summed E-state index contributed by atoms with van der Waals surface area (Å²) in [5.74, 6) is -0.158. The Hall–Kier alpha value is -3.55. The number of hydrogen-bond acceptors (Lipinski definition) is 7. The Balaban J connectivity index is 1.68. The Bertz CT molecular complexity index is 970. The highest BCUT2D eigenvalue weighted by molar-refractivity contribution is 6.02. The van der Waals surface area contributed by atoms with Crippen LogP contribution in [0.15, 0.2) is 42.5 Å². The summed E-state index contributed by atoms with van der Waals surface area (Å²) < 4.78 is 21.0. The molecule has 0 bridgehead atoms. The van der Waals surface area contributed by atoms with Crippen molar-refractivity contribution in [1.82, 2.24) is 0 Å². The number of ether oxygens (including phenoxy) is 4. The molecule has 164 valence electrons. The Morgan fingerprint density at radius 1 is 0.968 bits per heavy atom. The molecule has 0 radical (unpaired) electrons. The van der Waals surface area contributed by atoms with Crippen molar-refractivity contribution in [2.45, 2.75) is 19.4 Å². The molecule has 1 saturated heterocycles. The molecule has 2 aromatic carbocycles. The zero-order valence-electron chi connectivity index (χ0n) is 17.9. The minimum absolute atomic E-state index is 0.0113. The highest BCUT2D eigenvalue weighted by atomic mass is 16.5. The number of anilines is 1. The monoisotopic (exact) mass is 427 g/mol. The van der Waals surface area contributed by atoms with Crippen molar-refractivity contribution in [2.24, 2.45) is 5.92 Å². The van der Waals surface area contributed by atoms with Crippen molar-refractivity contribution >= 4 is 23.3 Å². The number of benzene rings is 2. The molecule has 0 aliphatic carbocycles. The lowest BCUT2D eigenvalue weighted by Crippen LogP contribution is -2.30. The van der Waals surface area contributed by atoms with E-state index in [0.717, 1.165) is 0 Å². The summed E-state index contributed by atoms with van der Waals surface area (Å²) in [7, 11) is 4.57. The van der Waals surface area contributed by atoms with Gasteiger partial charge in [-0.3, -0.25) is 14.4 Å². The molecule has 3 rings (SSSR count). The maximum Gasteiger partial charge on any atom is 0.312 e. The quantitative estimate of drug-likeness (QED) is 0.473. The average Bonchev–Trinajstić information content (AvgIpc) is 3.19. The molecule has 0 unspecified atom stereocenters. The first-order chi connectivity index (χ1) is 14.9. The van der Waals surface area contributed by atoms with E-state index in [-0.39, 0.29) is 24.7 Å². The van der Waals surface area contributed by atoms with E-state index < -0.39 is 18.0 Å². The smallest absolute Gasteiger partial charge is 0.312 e. The number of ketones is 1. The van der Waals surface area contributed by atoms with Crippen molar-refractivity contribution in [3.63, 3.8) is 0 Å². The van der Waals surface area contributed by atoms with Crippen LogP contribution in [-0.4, -0.2) is 51.6 Å². The fourth-order valence-electron chi connectivity index (χ4n) is 3.42. The highest BCUT2D eigenvalue weighted by Crippen LogP contribution is 2.36. The van der Waals surface area contributed by atoms with E-state index in [0.29, 0.717) is 28.5 Å². The van der Waals surface area contributed by atoms with Gasteiger partial charge in [-0.15, -0.1) is 0 Å². The third-order valence-corrected chi connectivity index (χ3v) is 5.17. The van der Waals surface area contributed by atoms with Gasteiger partial charge in [-0.25, -0.2) is 0 Å². The first kappa shape index (κ1) is 22.1. The van der Waals surface area contributed by atoms with Crippen LogP contribution >= 0.6 is 0 Å². The molecule has 0 saturated carbocycles. The van der Waals surface area contributed by atoms with E-state index in [1.54, 1.807) is 42.5 Å². The summed E-state index contributed by atoms with van der Waals surface area (Å²) in [6, 6.07) is 11.7. The number of nitrogens with zero attached hydrogens (tertiary/aromatic N) is 1. The van der Waals surface area contributed by atoms with Gasteiger partial charge in [-0.2, -0.15) is 0 Å². The third kappa shape index (κ3) is 4.79. The lowest BCUT2D eigenvalue weighted by Gasteiger charge is -2.20. The molecule has 2 atom stereocenters. The highest BCUT2D eigenvalue weighted by Gasteiger charge is 2.38. The first-order valence-corrected chi connectivity index (χ1v) is 9.79. The van der Waals surface area contributed by atoms with Gasteiger partial charge in [-0.05, 0) is 43.3 Å². The SMILES string of the molecule is COc1ccc(C(=O)[C@@H](C)OC(=O)[C@@H]2CC(=O)N(c3cc(OC)ccc3OC)C2)cc1. The van der Waals surface area contributed by atoms with Crippen LogP contribution in [0.25, 0.3) is 0 Å². The second kappa shape index (κ2) is 9.51. The Kier molecular flexibility index (Phi) is 6.79. The van der Waals surface area contributed by atoms with Gasteiger partial charge in [-0.1, -0.05) is 0 Å². The largest absolute Gasteiger partial charge is 0.497 e. The predicted molar refractivity (Wildman–Crippen MR) is 113 cm³/mol. The number of hydrogen-bond donors (Lipinski definition) is 0. The van der Waals surface area contributed by atoms with Crippen LogP contribution in [0.3, 0.4) is 0 Å². The molecule has 1 heterocycles. The standard InChI is InChI=1S/C23H25NO7/c1-14(22(26)15-5-7-17(28-2)8-6-15)31-23(27)16-11-21(25)24(13-16)19-12-18(29-3)9-10-20(19)30-4/h5-10,12,14,16H,11,13H2,1-4H3/t14-,16-/m1/s1. The van der Waals surface area contributed by atoms with Gasteiger partial charge < -0.3 is 23.8 Å². The topological polar surface area (TPSA) is 91.4 Å². The van der Waals surface area contributed by atoms with Gasteiger partial charge >= 0.3 is 5.97 Å². The maximum atomic E-state index is 12.7. The van der Waals surface area contributed by atoms with Gasteiger partial charge in [0, 0.05) is 24.6 Å². The van der Waals surface area contributed by atoms with Crippen LogP contribution in [0.1, 0.15) is 23.7 Å². The summed E-state index contributed by atoms with van der Waals surface area (Å²) in [6.07, 6.45) is -0.987. The normalized spacial score (nSPS) is 16.6. The molecule has 0 spiro atoms. The fraction of sp³-hybridized carbons (Fsp3) is 0.348. The molecular weight excluding hydrogens is 402 g/mol. The number of esters is 1. The van der Waals surface area contributed by atoms with Crippen molar-refractivity contribution in [1.29, 1.82) is 0 Å². The van der Waals surface area contributed by atoms with Crippen LogP contribution in [-0.2, 0) is 14.3 Å². The van der Waals surface area contributed by atoms with E-state index in [1.807, 2.05) is 0 Å². The van der Waals surface area contributed by atoms with Crippen LogP contribution in [0.4, 0.5) is 5.69 Å². The maximum absolute atomic E-state index is 12.7. The van der Waals surface area contributed by atoms with Crippen LogP contribution in [0.2, 0.25) is 0 Å². The number of amides is 1. The molecule has 0 N–H and O–H groups in total. The molecule has 2 aromatic rings. The van der Waals surface area contributed by atoms with Crippen molar-refractivity contribution in [3.05, 3.63) is 48.0 Å². The van der Waals surface area contributed by atoms with Crippen LogP contribution in [0, 0.1) is 5.92 Å². The van der Waals surface area contributed by atoms with Crippen molar-refractivity contribution in [2.75, 3.05) is 32.8 Å². The minimum Gasteiger partial charge on any atom is -0.497 e. The van der Waals surface area contributed by atoms with Crippen molar-refractivity contribution < 1.29 is 33.3 Å². The molecular formula is C23H25NO7.